The van der Waals surface area contributed by atoms with Crippen LogP contribution < -0.4 is 16.4 Å². The number of para-hydroxylation sites is 1. The number of rotatable bonds is 6. The predicted octanol–water partition coefficient (Wildman–Crippen LogP) is 3.42. The Morgan fingerprint density at radius 1 is 1.02 bits per heavy atom. The lowest BCUT2D eigenvalue weighted by Crippen LogP contribution is -2.58. The standard InChI is InChI=1S/C36H45ClN8O3/c1-3-24-16-23(17-30(37)33(24)38)18-32(34(46)42-12-8-26(9-13-42)44-22-28-19-29(44)21-41(28)2)40-35(47)43-14-10-27(11-15-43)45-20-25-6-4-5-7-31(25)39-36(45)48/h1,4-7,16-17,26-29,32H,8-15,18-22,38H2,2H3,(H,39,48)(H,40,47)/t28?,29?,32-/m1/s1. The third kappa shape index (κ3) is 6.41. The first-order valence-electron chi connectivity index (χ1n) is 17.2. The number of carbonyl (C=O) groups excluding carboxylic acids is 3. The zero-order valence-corrected chi connectivity index (χ0v) is 28.3. The maximum atomic E-state index is 14.1. The largest absolute Gasteiger partial charge is 0.397 e. The van der Waals surface area contributed by atoms with Crippen molar-refractivity contribution < 1.29 is 14.4 Å². The molecular weight excluding hydrogens is 628 g/mol. The number of nitrogens with zero attached hydrogens (tertiary/aromatic N) is 5. The van der Waals surface area contributed by atoms with E-state index in [1.54, 1.807) is 17.0 Å². The number of nitrogens with two attached hydrogens (primary N) is 1. The van der Waals surface area contributed by atoms with Crippen LogP contribution in [0.3, 0.4) is 0 Å². The number of nitrogens with one attached hydrogen (secondary N) is 2. The van der Waals surface area contributed by atoms with Gasteiger partial charge in [-0.2, -0.15) is 0 Å². The third-order valence-corrected chi connectivity index (χ3v) is 11.5. The predicted molar refractivity (Wildman–Crippen MR) is 187 cm³/mol. The first-order valence-corrected chi connectivity index (χ1v) is 17.6. The minimum Gasteiger partial charge on any atom is -0.397 e. The molecule has 4 fully saturated rings. The van der Waals surface area contributed by atoms with Gasteiger partial charge in [0.1, 0.15) is 6.04 Å². The Labute approximate surface area is 287 Å². The molecule has 2 bridgehead atoms. The van der Waals surface area contributed by atoms with Crippen LogP contribution >= 0.6 is 11.6 Å². The van der Waals surface area contributed by atoms with Crippen molar-refractivity contribution in [1.82, 2.24) is 29.8 Å². The monoisotopic (exact) mass is 672 g/mol. The fourth-order valence-corrected chi connectivity index (χ4v) is 8.71. The maximum Gasteiger partial charge on any atom is 0.322 e. The van der Waals surface area contributed by atoms with Gasteiger partial charge in [-0.1, -0.05) is 35.7 Å². The number of fused-ring (bicyclic) bond motifs is 3. The molecule has 48 heavy (non-hydrogen) atoms. The van der Waals surface area contributed by atoms with Crippen molar-refractivity contribution in [1.29, 1.82) is 0 Å². The molecule has 4 saturated heterocycles. The van der Waals surface area contributed by atoms with Gasteiger partial charge in [0.15, 0.2) is 0 Å². The van der Waals surface area contributed by atoms with Gasteiger partial charge in [0.2, 0.25) is 5.91 Å². The summed E-state index contributed by atoms with van der Waals surface area (Å²) in [6.45, 7) is 5.06. The van der Waals surface area contributed by atoms with E-state index in [1.165, 1.54) is 6.42 Å². The van der Waals surface area contributed by atoms with Crippen molar-refractivity contribution in [3.05, 3.63) is 58.1 Å². The molecule has 0 radical (unpaired) electrons. The number of benzene rings is 2. The molecule has 0 aliphatic carbocycles. The normalized spacial score (nSPS) is 24.3. The number of likely N-dealkylation sites (tertiary alicyclic amines) is 4. The molecule has 3 atom stereocenters. The molecule has 2 aromatic carbocycles. The molecular formula is C36H45ClN8O3. The molecule has 7 rings (SSSR count). The Morgan fingerprint density at radius 3 is 2.42 bits per heavy atom. The highest BCUT2D eigenvalue weighted by molar-refractivity contribution is 6.33. The first-order chi connectivity index (χ1) is 23.2. The van der Waals surface area contributed by atoms with Crippen molar-refractivity contribution in [2.24, 2.45) is 0 Å². The van der Waals surface area contributed by atoms with Gasteiger partial charge in [-0.25, -0.2) is 9.59 Å². The number of piperazine rings is 1. The molecule has 0 spiro atoms. The second-order valence-electron chi connectivity index (χ2n) is 14.1. The van der Waals surface area contributed by atoms with E-state index in [0.29, 0.717) is 80.0 Å². The third-order valence-electron chi connectivity index (χ3n) is 11.2. The quantitative estimate of drug-likeness (QED) is 0.320. The van der Waals surface area contributed by atoms with Gasteiger partial charge in [-0.15, -0.1) is 6.42 Å². The topological polar surface area (TPSA) is 117 Å². The summed E-state index contributed by atoms with van der Waals surface area (Å²) < 4.78 is 0. The zero-order valence-electron chi connectivity index (χ0n) is 27.5. The van der Waals surface area contributed by atoms with Crippen LogP contribution in [-0.4, -0.2) is 119 Å². The Hall–Kier alpha value is -3.98. The van der Waals surface area contributed by atoms with Crippen LogP contribution in [0.5, 0.6) is 0 Å². The number of hydrogen-bond acceptors (Lipinski definition) is 6. The molecule has 5 heterocycles. The fourth-order valence-electron chi connectivity index (χ4n) is 8.47. The van der Waals surface area contributed by atoms with Crippen LogP contribution in [0.2, 0.25) is 5.02 Å². The number of piperidine rings is 2. The lowest BCUT2D eigenvalue weighted by Gasteiger charge is -2.43. The molecule has 11 nitrogen and oxygen atoms in total. The van der Waals surface area contributed by atoms with Crippen LogP contribution in [-0.2, 0) is 17.8 Å². The zero-order chi connectivity index (χ0) is 33.5. The number of carbonyl (C=O) groups is 3. The van der Waals surface area contributed by atoms with E-state index in [0.717, 1.165) is 42.7 Å². The minimum atomic E-state index is -0.794. The molecule has 4 N–H and O–H groups in total. The number of anilines is 2. The summed E-state index contributed by atoms with van der Waals surface area (Å²) in [7, 11) is 2.22. The van der Waals surface area contributed by atoms with E-state index in [-0.39, 0.29) is 30.4 Å². The summed E-state index contributed by atoms with van der Waals surface area (Å²) in [6, 6.07) is 11.9. The van der Waals surface area contributed by atoms with E-state index in [9.17, 15) is 14.4 Å². The van der Waals surface area contributed by atoms with Crippen LogP contribution in [0.15, 0.2) is 36.4 Å². The summed E-state index contributed by atoms with van der Waals surface area (Å²) in [5.74, 6) is 2.48. The number of hydrogen-bond donors (Lipinski definition) is 3. The Kier molecular flexibility index (Phi) is 9.16. The molecule has 254 valence electrons. The summed E-state index contributed by atoms with van der Waals surface area (Å²) >= 11 is 6.42. The average molecular weight is 673 g/mol. The van der Waals surface area contributed by atoms with Crippen molar-refractivity contribution >= 4 is 40.9 Å². The van der Waals surface area contributed by atoms with Crippen LogP contribution in [0.4, 0.5) is 21.0 Å². The van der Waals surface area contributed by atoms with Crippen molar-refractivity contribution in [3.63, 3.8) is 0 Å². The lowest BCUT2D eigenvalue weighted by molar-refractivity contribution is -0.135. The van der Waals surface area contributed by atoms with E-state index in [2.05, 4.69) is 33.4 Å². The lowest BCUT2D eigenvalue weighted by atomic mass is 9.98. The van der Waals surface area contributed by atoms with Crippen LogP contribution in [0.1, 0.15) is 48.8 Å². The number of likely N-dealkylation sites (N-methyl/N-ethyl adjacent to an activating group) is 1. The SMILES string of the molecule is C#Cc1cc(C[C@@H](NC(=O)N2CCC(N3Cc4ccccc4NC3=O)CC2)C(=O)N2CCC(N3CC4CC3CN4C)CC2)cc(Cl)c1N. The molecule has 5 aliphatic heterocycles. The van der Waals surface area contributed by atoms with Gasteiger partial charge in [-0.05, 0) is 68.5 Å². The fraction of sp³-hybridized carbons (Fsp3) is 0.528. The summed E-state index contributed by atoms with van der Waals surface area (Å²) in [4.78, 5) is 51.4. The molecule has 0 saturated carbocycles. The molecule has 0 aromatic heterocycles. The van der Waals surface area contributed by atoms with Gasteiger partial charge in [0, 0.05) is 87.7 Å². The summed E-state index contributed by atoms with van der Waals surface area (Å²) in [5, 5.41) is 6.40. The highest BCUT2D eigenvalue weighted by Gasteiger charge is 2.45. The van der Waals surface area contributed by atoms with Gasteiger partial charge in [-0.3, -0.25) is 9.69 Å². The number of terminal acetylenes is 1. The van der Waals surface area contributed by atoms with Crippen LogP contribution in [0, 0.1) is 12.3 Å². The maximum absolute atomic E-state index is 14.1. The molecule has 12 heteroatoms. The van der Waals surface area contributed by atoms with Crippen molar-refractivity contribution in [2.45, 2.75) is 75.3 Å². The molecule has 2 unspecified atom stereocenters. The van der Waals surface area contributed by atoms with E-state index in [1.807, 2.05) is 34.1 Å². The van der Waals surface area contributed by atoms with Gasteiger partial charge < -0.3 is 36.0 Å². The highest BCUT2D eigenvalue weighted by Crippen LogP contribution is 2.34. The molecule has 5 amide bonds. The van der Waals surface area contributed by atoms with E-state index in [4.69, 9.17) is 23.8 Å². The van der Waals surface area contributed by atoms with Gasteiger partial charge in [0.25, 0.3) is 0 Å². The Morgan fingerprint density at radius 2 is 1.73 bits per heavy atom. The molecule has 5 aliphatic rings. The average Bonchev–Trinajstić information content (AvgIpc) is 3.69. The summed E-state index contributed by atoms with van der Waals surface area (Å²) in [5.41, 5.74) is 9.54. The van der Waals surface area contributed by atoms with E-state index >= 15 is 0 Å². The molecule has 2 aromatic rings. The van der Waals surface area contributed by atoms with Crippen LogP contribution in [0.25, 0.3) is 0 Å². The smallest absolute Gasteiger partial charge is 0.322 e. The first kappa shape index (κ1) is 32.6. The number of urea groups is 2. The van der Waals surface area contributed by atoms with E-state index < -0.39 is 6.04 Å². The number of nitrogen functional groups attached to an aromatic ring is 1. The highest BCUT2D eigenvalue weighted by atomic mass is 35.5. The van der Waals surface area contributed by atoms with Crippen molar-refractivity contribution in [2.75, 3.05) is 57.4 Å². The summed E-state index contributed by atoms with van der Waals surface area (Å²) in [6.07, 6.45) is 10.3. The van der Waals surface area contributed by atoms with Crippen molar-refractivity contribution in [3.8, 4) is 12.3 Å². The Bertz CT molecular complexity index is 1610. The van der Waals surface area contributed by atoms with Gasteiger partial charge >= 0.3 is 12.1 Å². The Balaban J connectivity index is 1.00. The minimum absolute atomic E-state index is 0.0199. The number of amides is 5. The second kappa shape index (κ2) is 13.5. The number of halogens is 1. The van der Waals surface area contributed by atoms with Gasteiger partial charge in [0.05, 0.1) is 10.7 Å². The second-order valence-corrected chi connectivity index (χ2v) is 14.5.